The molecule has 0 atom stereocenters. The van der Waals surface area contributed by atoms with Gasteiger partial charge >= 0.3 is 6.03 Å². The van der Waals surface area contributed by atoms with E-state index < -0.39 is 0 Å². The van der Waals surface area contributed by atoms with Crippen molar-refractivity contribution in [2.45, 2.75) is 12.8 Å². The molecule has 0 spiro atoms. The van der Waals surface area contributed by atoms with Crippen LogP contribution >= 0.6 is 11.6 Å². The van der Waals surface area contributed by atoms with Crippen LogP contribution < -0.4 is 5.32 Å². The van der Waals surface area contributed by atoms with Gasteiger partial charge in [-0.15, -0.1) is 10.2 Å². The Morgan fingerprint density at radius 1 is 1.04 bits per heavy atom. The number of Topliss-reactive ketones (excluding diaryl/α,β-unsaturated/α-hetero) is 1. The van der Waals surface area contributed by atoms with Gasteiger partial charge in [0.05, 0.1) is 0 Å². The van der Waals surface area contributed by atoms with Crippen LogP contribution in [0.1, 0.15) is 23.2 Å². The van der Waals surface area contributed by atoms with Crippen LogP contribution in [-0.2, 0) is 0 Å². The summed E-state index contributed by atoms with van der Waals surface area (Å²) in [6.45, 7) is 1.08. The minimum atomic E-state index is -0.239. The number of hydrogen-bond acceptors (Lipinski definition) is 4. The maximum absolute atomic E-state index is 12.4. The van der Waals surface area contributed by atoms with Crippen molar-refractivity contribution in [2.75, 3.05) is 18.4 Å². The summed E-state index contributed by atoms with van der Waals surface area (Å²) < 4.78 is 0. The van der Waals surface area contributed by atoms with Crippen molar-refractivity contribution in [3.05, 3.63) is 53.2 Å². The van der Waals surface area contributed by atoms with E-state index >= 15 is 0 Å². The predicted molar refractivity (Wildman–Crippen MR) is 91.1 cm³/mol. The number of carbonyl (C=O) groups excluding carboxylic acids is 2. The lowest BCUT2D eigenvalue weighted by molar-refractivity contribution is 0.0859. The second-order valence-electron chi connectivity index (χ2n) is 5.66. The van der Waals surface area contributed by atoms with Crippen molar-refractivity contribution >= 4 is 29.2 Å². The summed E-state index contributed by atoms with van der Waals surface area (Å²) >= 11 is 5.66. The van der Waals surface area contributed by atoms with Gasteiger partial charge in [0.15, 0.2) is 16.8 Å². The molecular formula is C17H17ClN4O2. The van der Waals surface area contributed by atoms with Crippen LogP contribution in [0, 0.1) is 5.92 Å². The first-order valence-electron chi connectivity index (χ1n) is 7.78. The fourth-order valence-corrected chi connectivity index (χ4v) is 2.85. The van der Waals surface area contributed by atoms with E-state index in [1.165, 1.54) is 0 Å². The number of halogens is 1. The molecule has 1 saturated heterocycles. The smallest absolute Gasteiger partial charge is 0.323 e. The lowest BCUT2D eigenvalue weighted by atomic mass is 9.89. The van der Waals surface area contributed by atoms with Crippen molar-refractivity contribution < 1.29 is 9.59 Å². The number of nitrogens with zero attached hydrogens (tertiary/aromatic N) is 3. The molecule has 1 N–H and O–H groups in total. The first kappa shape index (κ1) is 16.4. The summed E-state index contributed by atoms with van der Waals surface area (Å²) in [6, 6.07) is 12.2. The highest BCUT2D eigenvalue weighted by Crippen LogP contribution is 2.22. The number of urea groups is 1. The fourth-order valence-electron chi connectivity index (χ4n) is 2.75. The topological polar surface area (TPSA) is 75.2 Å². The number of piperidine rings is 1. The average molecular weight is 345 g/mol. The Labute approximate surface area is 144 Å². The molecule has 1 aromatic heterocycles. The van der Waals surface area contributed by atoms with Gasteiger partial charge in [0.25, 0.3) is 0 Å². The van der Waals surface area contributed by atoms with Gasteiger partial charge in [0.1, 0.15) is 0 Å². The summed E-state index contributed by atoms with van der Waals surface area (Å²) in [4.78, 5) is 26.4. The Hall–Kier alpha value is -2.47. The van der Waals surface area contributed by atoms with Gasteiger partial charge in [0.2, 0.25) is 0 Å². The third kappa shape index (κ3) is 3.89. The summed E-state index contributed by atoms with van der Waals surface area (Å²) in [7, 11) is 0. The van der Waals surface area contributed by atoms with E-state index in [9.17, 15) is 9.59 Å². The second kappa shape index (κ2) is 7.40. The molecule has 1 aromatic carbocycles. The van der Waals surface area contributed by atoms with Gasteiger partial charge in [-0.25, -0.2) is 4.79 Å². The van der Waals surface area contributed by atoms with Crippen LogP contribution in [0.25, 0.3) is 0 Å². The molecule has 0 bridgehead atoms. The number of rotatable bonds is 3. The zero-order valence-corrected chi connectivity index (χ0v) is 13.7. The van der Waals surface area contributed by atoms with Crippen LogP contribution in [0.3, 0.4) is 0 Å². The van der Waals surface area contributed by atoms with Crippen molar-refractivity contribution in [3.63, 3.8) is 0 Å². The molecule has 1 aliphatic rings. The predicted octanol–water partition coefficient (Wildman–Crippen LogP) is 3.26. The molecular weight excluding hydrogens is 328 g/mol. The lowest BCUT2D eigenvalue weighted by Crippen LogP contribution is -2.42. The minimum Gasteiger partial charge on any atom is -0.324 e. The van der Waals surface area contributed by atoms with Gasteiger partial charge in [0, 0.05) is 24.6 Å². The van der Waals surface area contributed by atoms with E-state index in [2.05, 4.69) is 15.5 Å². The van der Waals surface area contributed by atoms with E-state index in [1.54, 1.807) is 17.0 Å². The van der Waals surface area contributed by atoms with Crippen molar-refractivity contribution in [1.29, 1.82) is 0 Å². The highest BCUT2D eigenvalue weighted by molar-refractivity contribution is 6.29. The van der Waals surface area contributed by atoms with E-state index in [-0.39, 0.29) is 22.9 Å². The summed E-state index contributed by atoms with van der Waals surface area (Å²) in [5.41, 5.74) is 0.733. The highest BCUT2D eigenvalue weighted by atomic mass is 35.5. The number of carbonyl (C=O) groups is 2. The number of hydrogen-bond donors (Lipinski definition) is 1. The normalized spacial score (nSPS) is 15.1. The number of ketones is 1. The molecule has 7 heteroatoms. The van der Waals surface area contributed by atoms with Crippen LogP contribution in [0.15, 0.2) is 42.5 Å². The van der Waals surface area contributed by atoms with Crippen LogP contribution in [0.5, 0.6) is 0 Å². The Bertz CT molecular complexity index is 713. The van der Waals surface area contributed by atoms with Gasteiger partial charge < -0.3 is 4.90 Å². The summed E-state index contributed by atoms with van der Waals surface area (Å²) in [5.74, 6) is 0.470. The van der Waals surface area contributed by atoms with Crippen LogP contribution in [-0.4, -0.2) is 40.0 Å². The molecule has 2 amide bonds. The van der Waals surface area contributed by atoms with Gasteiger partial charge in [-0.05, 0) is 25.0 Å². The van der Waals surface area contributed by atoms with Crippen LogP contribution in [0.2, 0.25) is 5.15 Å². The first-order chi connectivity index (χ1) is 11.6. The largest absolute Gasteiger partial charge is 0.324 e. The Balaban J connectivity index is 1.54. The Kier molecular flexibility index (Phi) is 5.05. The van der Waals surface area contributed by atoms with Crippen molar-refractivity contribution in [2.24, 2.45) is 5.92 Å². The number of aromatic nitrogens is 2. The second-order valence-corrected chi connectivity index (χ2v) is 6.05. The third-order valence-corrected chi connectivity index (χ3v) is 4.28. The van der Waals surface area contributed by atoms with Gasteiger partial charge in [-0.3, -0.25) is 10.1 Å². The Morgan fingerprint density at radius 2 is 1.75 bits per heavy atom. The van der Waals surface area contributed by atoms with Crippen LogP contribution in [0.4, 0.5) is 10.6 Å². The minimum absolute atomic E-state index is 0.0354. The van der Waals surface area contributed by atoms with Gasteiger partial charge in [-0.1, -0.05) is 41.9 Å². The quantitative estimate of drug-likeness (QED) is 0.867. The number of nitrogens with one attached hydrogen (secondary N) is 1. The maximum Gasteiger partial charge on any atom is 0.323 e. The number of anilines is 1. The number of likely N-dealkylation sites (tertiary alicyclic amines) is 1. The zero-order valence-electron chi connectivity index (χ0n) is 13.0. The Morgan fingerprint density at radius 3 is 2.38 bits per heavy atom. The average Bonchev–Trinajstić information content (AvgIpc) is 2.64. The van der Waals surface area contributed by atoms with E-state index in [4.69, 9.17) is 11.6 Å². The molecule has 6 nitrogen and oxygen atoms in total. The number of amides is 2. The monoisotopic (exact) mass is 344 g/mol. The highest BCUT2D eigenvalue weighted by Gasteiger charge is 2.28. The zero-order chi connectivity index (χ0) is 16.9. The standard InChI is InChI=1S/C17H17ClN4O2/c18-14-6-7-15(21-20-14)19-17(24)22-10-8-13(9-11-22)16(23)12-4-2-1-3-5-12/h1-7,13H,8-11H2,(H,19,21,24). The molecule has 1 aliphatic heterocycles. The SMILES string of the molecule is O=C(c1ccccc1)C1CCN(C(=O)Nc2ccc(Cl)nn2)CC1. The summed E-state index contributed by atoms with van der Waals surface area (Å²) in [5, 5.41) is 10.4. The fraction of sp³-hybridized carbons (Fsp3) is 0.294. The van der Waals surface area contributed by atoms with E-state index in [0.717, 1.165) is 5.56 Å². The molecule has 3 rings (SSSR count). The molecule has 1 fully saturated rings. The molecule has 0 aliphatic carbocycles. The molecule has 0 unspecified atom stereocenters. The molecule has 0 radical (unpaired) electrons. The number of benzene rings is 1. The van der Waals surface area contributed by atoms with E-state index in [1.807, 2.05) is 30.3 Å². The first-order valence-corrected chi connectivity index (χ1v) is 8.16. The van der Waals surface area contributed by atoms with Gasteiger partial charge in [-0.2, -0.15) is 0 Å². The van der Waals surface area contributed by atoms with E-state index in [0.29, 0.717) is 31.7 Å². The molecule has 2 aromatic rings. The molecule has 124 valence electrons. The summed E-state index contributed by atoms with van der Waals surface area (Å²) in [6.07, 6.45) is 1.32. The van der Waals surface area contributed by atoms with Crippen molar-refractivity contribution in [1.82, 2.24) is 15.1 Å². The lowest BCUT2D eigenvalue weighted by Gasteiger charge is -2.31. The molecule has 24 heavy (non-hydrogen) atoms. The molecule has 2 heterocycles. The third-order valence-electron chi connectivity index (χ3n) is 4.08. The maximum atomic E-state index is 12.4. The molecule has 0 saturated carbocycles. The van der Waals surface area contributed by atoms with Crippen molar-refractivity contribution in [3.8, 4) is 0 Å².